The number of nitrogens with zero attached hydrogens (tertiary/aromatic N) is 2. The SMILES string of the molecule is O=C(Nc1ccc(Br)cc1Cl)c1cnc(-c2ccccc2)nc1. The number of rotatable bonds is 3. The first-order valence-electron chi connectivity index (χ1n) is 6.77. The van der Waals surface area contributed by atoms with Gasteiger partial charge in [-0.25, -0.2) is 9.97 Å². The highest BCUT2D eigenvalue weighted by molar-refractivity contribution is 9.10. The van der Waals surface area contributed by atoms with Gasteiger partial charge in [0.1, 0.15) is 0 Å². The van der Waals surface area contributed by atoms with Gasteiger partial charge in [0.15, 0.2) is 5.82 Å². The Morgan fingerprint density at radius 2 is 1.74 bits per heavy atom. The number of hydrogen-bond donors (Lipinski definition) is 1. The van der Waals surface area contributed by atoms with Crippen LogP contribution in [-0.2, 0) is 0 Å². The van der Waals surface area contributed by atoms with Crippen molar-refractivity contribution in [1.82, 2.24) is 9.97 Å². The fourth-order valence-corrected chi connectivity index (χ4v) is 2.69. The lowest BCUT2D eigenvalue weighted by atomic mass is 10.2. The second-order valence-corrected chi connectivity index (χ2v) is 6.06. The third-order valence-electron chi connectivity index (χ3n) is 3.13. The fraction of sp³-hybridized carbons (Fsp3) is 0. The van der Waals surface area contributed by atoms with E-state index in [1.165, 1.54) is 12.4 Å². The van der Waals surface area contributed by atoms with E-state index in [1.54, 1.807) is 18.2 Å². The van der Waals surface area contributed by atoms with E-state index < -0.39 is 0 Å². The third kappa shape index (κ3) is 3.75. The van der Waals surface area contributed by atoms with Crippen LogP contribution < -0.4 is 5.32 Å². The van der Waals surface area contributed by atoms with Gasteiger partial charge in [-0.1, -0.05) is 57.9 Å². The molecule has 0 aliphatic rings. The van der Waals surface area contributed by atoms with E-state index in [0.29, 0.717) is 22.1 Å². The van der Waals surface area contributed by atoms with Gasteiger partial charge in [0.25, 0.3) is 5.91 Å². The maximum Gasteiger partial charge on any atom is 0.258 e. The van der Waals surface area contributed by atoms with E-state index in [4.69, 9.17) is 11.6 Å². The van der Waals surface area contributed by atoms with Gasteiger partial charge in [0, 0.05) is 22.4 Å². The minimum absolute atomic E-state index is 0.311. The highest BCUT2D eigenvalue weighted by Crippen LogP contribution is 2.26. The Kier molecular flexibility index (Phi) is 4.69. The summed E-state index contributed by atoms with van der Waals surface area (Å²) in [7, 11) is 0. The summed E-state index contributed by atoms with van der Waals surface area (Å²) in [6.07, 6.45) is 2.99. The lowest BCUT2D eigenvalue weighted by Gasteiger charge is -2.07. The van der Waals surface area contributed by atoms with Gasteiger partial charge >= 0.3 is 0 Å². The largest absolute Gasteiger partial charge is 0.321 e. The molecule has 3 rings (SSSR count). The van der Waals surface area contributed by atoms with Crippen molar-refractivity contribution in [1.29, 1.82) is 0 Å². The number of anilines is 1. The molecule has 0 aliphatic carbocycles. The Balaban J connectivity index is 1.78. The predicted molar refractivity (Wildman–Crippen MR) is 94.6 cm³/mol. The molecular formula is C17H11BrClN3O. The second kappa shape index (κ2) is 6.89. The number of aromatic nitrogens is 2. The van der Waals surface area contributed by atoms with Crippen molar-refractivity contribution < 1.29 is 4.79 Å². The smallest absolute Gasteiger partial charge is 0.258 e. The molecule has 23 heavy (non-hydrogen) atoms. The van der Waals surface area contributed by atoms with Gasteiger partial charge < -0.3 is 5.32 Å². The molecule has 2 aromatic carbocycles. The summed E-state index contributed by atoms with van der Waals surface area (Å²) < 4.78 is 0.844. The van der Waals surface area contributed by atoms with Crippen LogP contribution in [-0.4, -0.2) is 15.9 Å². The van der Waals surface area contributed by atoms with E-state index in [0.717, 1.165) is 10.0 Å². The average Bonchev–Trinajstić information content (AvgIpc) is 2.58. The molecule has 0 atom stereocenters. The molecule has 0 aliphatic heterocycles. The molecule has 0 unspecified atom stereocenters. The fourth-order valence-electron chi connectivity index (χ4n) is 1.97. The molecule has 0 bridgehead atoms. The van der Waals surface area contributed by atoms with E-state index in [2.05, 4.69) is 31.2 Å². The van der Waals surface area contributed by atoms with Crippen LogP contribution >= 0.6 is 27.5 Å². The van der Waals surface area contributed by atoms with Crippen molar-refractivity contribution in [2.75, 3.05) is 5.32 Å². The first kappa shape index (κ1) is 15.6. The van der Waals surface area contributed by atoms with Gasteiger partial charge in [0.2, 0.25) is 0 Å². The summed E-state index contributed by atoms with van der Waals surface area (Å²) >= 11 is 9.41. The van der Waals surface area contributed by atoms with Crippen molar-refractivity contribution in [3.8, 4) is 11.4 Å². The molecule has 1 amide bonds. The van der Waals surface area contributed by atoms with E-state index in [1.807, 2.05) is 30.3 Å². The number of benzene rings is 2. The maximum absolute atomic E-state index is 12.2. The van der Waals surface area contributed by atoms with Crippen LogP contribution in [0.5, 0.6) is 0 Å². The van der Waals surface area contributed by atoms with Gasteiger partial charge in [-0.05, 0) is 18.2 Å². The highest BCUT2D eigenvalue weighted by atomic mass is 79.9. The molecule has 0 radical (unpaired) electrons. The maximum atomic E-state index is 12.2. The molecule has 1 aromatic heterocycles. The molecule has 1 heterocycles. The van der Waals surface area contributed by atoms with Gasteiger partial charge in [-0.2, -0.15) is 0 Å². The lowest BCUT2D eigenvalue weighted by Crippen LogP contribution is -2.13. The van der Waals surface area contributed by atoms with Gasteiger partial charge in [-0.3, -0.25) is 4.79 Å². The third-order valence-corrected chi connectivity index (χ3v) is 3.93. The minimum atomic E-state index is -0.311. The molecule has 0 fully saturated rings. The number of hydrogen-bond acceptors (Lipinski definition) is 3. The molecule has 3 aromatic rings. The summed E-state index contributed by atoms with van der Waals surface area (Å²) in [6.45, 7) is 0. The van der Waals surface area contributed by atoms with Crippen molar-refractivity contribution in [3.63, 3.8) is 0 Å². The minimum Gasteiger partial charge on any atom is -0.321 e. The van der Waals surface area contributed by atoms with Crippen LogP contribution in [0.4, 0.5) is 5.69 Å². The summed E-state index contributed by atoms with van der Waals surface area (Å²) in [4.78, 5) is 20.7. The predicted octanol–water partition coefficient (Wildman–Crippen LogP) is 4.81. The number of amides is 1. The Labute approximate surface area is 146 Å². The van der Waals surface area contributed by atoms with Crippen LogP contribution in [0.3, 0.4) is 0 Å². The van der Waals surface area contributed by atoms with Crippen molar-refractivity contribution in [2.24, 2.45) is 0 Å². The molecule has 6 heteroatoms. The topological polar surface area (TPSA) is 54.9 Å². The first-order chi connectivity index (χ1) is 11.1. The van der Waals surface area contributed by atoms with Crippen LogP contribution in [0.15, 0.2) is 65.4 Å². The van der Waals surface area contributed by atoms with Crippen LogP contribution in [0, 0.1) is 0 Å². The second-order valence-electron chi connectivity index (χ2n) is 4.74. The zero-order chi connectivity index (χ0) is 16.2. The Hall–Kier alpha value is -2.24. The first-order valence-corrected chi connectivity index (χ1v) is 7.94. The standard InChI is InChI=1S/C17H11BrClN3O/c18-13-6-7-15(14(19)8-13)22-17(23)12-9-20-16(21-10-12)11-4-2-1-3-5-11/h1-10H,(H,22,23). The zero-order valence-corrected chi connectivity index (χ0v) is 14.2. The van der Waals surface area contributed by atoms with E-state index in [9.17, 15) is 4.79 Å². The summed E-state index contributed by atoms with van der Waals surface area (Å²) in [5, 5.41) is 3.19. The molecular weight excluding hydrogens is 378 g/mol. The average molecular weight is 389 g/mol. The Bertz CT molecular complexity index is 838. The molecule has 114 valence electrons. The van der Waals surface area contributed by atoms with Crippen LogP contribution in [0.1, 0.15) is 10.4 Å². The molecule has 0 spiro atoms. The molecule has 4 nitrogen and oxygen atoms in total. The molecule has 1 N–H and O–H groups in total. The van der Waals surface area contributed by atoms with E-state index in [-0.39, 0.29) is 5.91 Å². The van der Waals surface area contributed by atoms with Gasteiger partial charge in [-0.15, -0.1) is 0 Å². The zero-order valence-electron chi connectivity index (χ0n) is 11.8. The van der Waals surface area contributed by atoms with Crippen molar-refractivity contribution >= 4 is 39.1 Å². The summed E-state index contributed by atoms with van der Waals surface area (Å²) in [5.41, 5.74) is 1.80. The summed E-state index contributed by atoms with van der Waals surface area (Å²) in [6, 6.07) is 14.8. The lowest BCUT2D eigenvalue weighted by molar-refractivity contribution is 0.102. The van der Waals surface area contributed by atoms with Gasteiger partial charge in [0.05, 0.1) is 16.3 Å². The number of carbonyl (C=O) groups is 1. The van der Waals surface area contributed by atoms with Crippen molar-refractivity contribution in [2.45, 2.75) is 0 Å². The number of carbonyl (C=O) groups excluding carboxylic acids is 1. The Morgan fingerprint density at radius 3 is 2.39 bits per heavy atom. The Morgan fingerprint density at radius 1 is 1.04 bits per heavy atom. The number of halogens is 2. The van der Waals surface area contributed by atoms with Crippen molar-refractivity contribution in [3.05, 3.63) is 76.0 Å². The van der Waals surface area contributed by atoms with Crippen LogP contribution in [0.25, 0.3) is 11.4 Å². The monoisotopic (exact) mass is 387 g/mol. The van der Waals surface area contributed by atoms with Crippen LogP contribution in [0.2, 0.25) is 5.02 Å². The highest BCUT2D eigenvalue weighted by Gasteiger charge is 2.10. The quantitative estimate of drug-likeness (QED) is 0.700. The van der Waals surface area contributed by atoms with E-state index >= 15 is 0 Å². The normalized spacial score (nSPS) is 10.3. The molecule has 0 saturated carbocycles. The molecule has 0 saturated heterocycles. The summed E-state index contributed by atoms with van der Waals surface area (Å²) in [5.74, 6) is 0.262. The number of nitrogens with one attached hydrogen (secondary N) is 1.